The molecule has 1 aromatic rings. The molecule has 1 unspecified atom stereocenters. The molecule has 0 bridgehead atoms. The molecule has 1 aromatic carbocycles. The minimum Gasteiger partial charge on any atom is -0.325 e. The summed E-state index contributed by atoms with van der Waals surface area (Å²) >= 11 is 0. The number of anilines is 1. The summed E-state index contributed by atoms with van der Waals surface area (Å²) in [6, 6.07) is 8.62. The number of nitrogens with zero attached hydrogens (tertiary/aromatic N) is 2. The molecule has 5 nitrogen and oxygen atoms in total. The molecule has 100 valence electrons. The average molecular weight is 267 g/mol. The van der Waals surface area contributed by atoms with E-state index in [4.69, 9.17) is 10.5 Å². The molecule has 1 N–H and O–H groups in total. The summed E-state index contributed by atoms with van der Waals surface area (Å²) in [5.41, 5.74) is 1.73. The van der Waals surface area contributed by atoms with Gasteiger partial charge in [-0.25, -0.2) is 0 Å². The summed E-state index contributed by atoms with van der Waals surface area (Å²) in [4.78, 5) is 23.8. The molecule has 1 saturated carbocycles. The third kappa shape index (κ3) is 2.84. The van der Waals surface area contributed by atoms with Gasteiger partial charge in [0.15, 0.2) is 11.7 Å². The highest BCUT2D eigenvalue weighted by Gasteiger charge is 2.38. The number of hydrogen-bond acceptors (Lipinski definition) is 4. The maximum atomic E-state index is 12.0. The third-order valence-corrected chi connectivity index (χ3v) is 3.27. The number of aryl methyl sites for hydroxylation is 1. The van der Waals surface area contributed by atoms with Gasteiger partial charge in [-0.2, -0.15) is 10.5 Å². The van der Waals surface area contributed by atoms with Crippen molar-refractivity contribution in [2.24, 2.45) is 11.8 Å². The highest BCUT2D eigenvalue weighted by Crippen LogP contribution is 2.32. The van der Waals surface area contributed by atoms with E-state index >= 15 is 0 Å². The number of carbonyl (C=O) groups is 2. The molecule has 1 aliphatic rings. The molecule has 0 aliphatic heterocycles. The highest BCUT2D eigenvalue weighted by molar-refractivity contribution is 6.10. The molecule has 0 spiro atoms. The van der Waals surface area contributed by atoms with Gasteiger partial charge in [-0.05, 0) is 43.5 Å². The molecule has 1 amide bonds. The topological polar surface area (TPSA) is 93.8 Å². The van der Waals surface area contributed by atoms with Crippen LogP contribution in [0.25, 0.3) is 0 Å². The maximum absolute atomic E-state index is 12.0. The van der Waals surface area contributed by atoms with Crippen LogP contribution in [0.1, 0.15) is 24.0 Å². The van der Waals surface area contributed by atoms with Crippen molar-refractivity contribution in [1.82, 2.24) is 0 Å². The first-order valence-electron chi connectivity index (χ1n) is 6.31. The molecule has 5 heteroatoms. The zero-order chi connectivity index (χ0) is 14.7. The van der Waals surface area contributed by atoms with E-state index in [1.807, 2.05) is 6.07 Å². The lowest BCUT2D eigenvalue weighted by atomic mass is 10.0. The summed E-state index contributed by atoms with van der Waals surface area (Å²) in [6.45, 7) is 1.76. The fraction of sp³-hybridized carbons (Fsp3) is 0.333. The van der Waals surface area contributed by atoms with Gasteiger partial charge in [-0.1, -0.05) is 0 Å². The van der Waals surface area contributed by atoms with Crippen LogP contribution in [0.15, 0.2) is 18.2 Å². The average Bonchev–Trinajstić information content (AvgIpc) is 3.24. The summed E-state index contributed by atoms with van der Waals surface area (Å²) in [7, 11) is 0. The number of nitriles is 2. The van der Waals surface area contributed by atoms with Gasteiger partial charge in [-0.15, -0.1) is 0 Å². The molecule has 2 rings (SSSR count). The predicted molar refractivity (Wildman–Crippen MR) is 71.4 cm³/mol. The zero-order valence-corrected chi connectivity index (χ0v) is 11.0. The molecule has 1 aliphatic carbocycles. The number of nitrogens with one attached hydrogen (secondary N) is 1. The van der Waals surface area contributed by atoms with Gasteiger partial charge >= 0.3 is 0 Å². The van der Waals surface area contributed by atoms with E-state index in [0.717, 1.165) is 18.4 Å². The van der Waals surface area contributed by atoms with E-state index in [0.29, 0.717) is 11.3 Å². The fourth-order valence-electron chi connectivity index (χ4n) is 1.94. The molecule has 0 saturated heterocycles. The number of benzene rings is 1. The summed E-state index contributed by atoms with van der Waals surface area (Å²) in [6.07, 6.45) is 1.53. The second-order valence-corrected chi connectivity index (χ2v) is 4.87. The van der Waals surface area contributed by atoms with Gasteiger partial charge < -0.3 is 5.32 Å². The second-order valence-electron chi connectivity index (χ2n) is 4.87. The Morgan fingerprint density at radius 3 is 2.55 bits per heavy atom. The van der Waals surface area contributed by atoms with Crippen LogP contribution in [0.2, 0.25) is 0 Å². The number of hydrogen-bond donors (Lipinski definition) is 1. The quantitative estimate of drug-likeness (QED) is 0.843. The SMILES string of the molecule is Cc1cc(NC(=O)C(C#N)C(=O)C2CC2)ccc1C#N. The predicted octanol–water partition coefficient (Wildman–Crippen LogP) is 1.92. The maximum Gasteiger partial charge on any atom is 0.249 e. The second kappa shape index (κ2) is 5.54. The van der Waals surface area contributed by atoms with Crippen molar-refractivity contribution in [3.63, 3.8) is 0 Å². The first-order valence-corrected chi connectivity index (χ1v) is 6.31. The van der Waals surface area contributed by atoms with E-state index in [-0.39, 0.29) is 11.7 Å². The molecule has 1 atom stereocenters. The standard InChI is InChI=1S/C15H13N3O2/c1-9-6-12(5-4-11(9)7-16)18-15(20)13(8-17)14(19)10-2-3-10/h4-6,10,13H,2-3H2,1H3,(H,18,20). The molecule has 1 fully saturated rings. The third-order valence-electron chi connectivity index (χ3n) is 3.27. The van der Waals surface area contributed by atoms with E-state index in [9.17, 15) is 9.59 Å². The smallest absolute Gasteiger partial charge is 0.249 e. The first kappa shape index (κ1) is 13.8. The Morgan fingerprint density at radius 2 is 2.05 bits per heavy atom. The summed E-state index contributed by atoms with van der Waals surface area (Å²) in [5, 5.41) is 20.4. The summed E-state index contributed by atoms with van der Waals surface area (Å²) < 4.78 is 0. The van der Waals surface area contributed by atoms with Crippen LogP contribution in [-0.2, 0) is 9.59 Å². The Balaban J connectivity index is 2.11. The van der Waals surface area contributed by atoms with Crippen LogP contribution in [0.5, 0.6) is 0 Å². The first-order chi connectivity index (χ1) is 9.56. The van der Waals surface area contributed by atoms with Gasteiger partial charge in [0.05, 0.1) is 17.7 Å². The van der Waals surface area contributed by atoms with Gasteiger partial charge in [0, 0.05) is 11.6 Å². The van der Waals surface area contributed by atoms with Crippen LogP contribution in [-0.4, -0.2) is 11.7 Å². The van der Waals surface area contributed by atoms with Gasteiger partial charge in [0.25, 0.3) is 0 Å². The van der Waals surface area contributed by atoms with E-state index in [2.05, 4.69) is 5.32 Å². The van der Waals surface area contributed by atoms with Crippen molar-refractivity contribution in [2.75, 3.05) is 5.32 Å². The number of amides is 1. The van der Waals surface area contributed by atoms with Crippen molar-refractivity contribution in [3.8, 4) is 12.1 Å². The molecule has 0 heterocycles. The van der Waals surface area contributed by atoms with Crippen molar-refractivity contribution in [1.29, 1.82) is 10.5 Å². The molecular weight excluding hydrogens is 254 g/mol. The Labute approximate surface area is 116 Å². The lowest BCUT2D eigenvalue weighted by Crippen LogP contribution is -2.29. The van der Waals surface area contributed by atoms with Crippen LogP contribution >= 0.6 is 0 Å². The summed E-state index contributed by atoms with van der Waals surface area (Å²) in [5.74, 6) is -2.28. The lowest BCUT2D eigenvalue weighted by molar-refractivity contribution is -0.129. The largest absolute Gasteiger partial charge is 0.325 e. The van der Waals surface area contributed by atoms with Crippen LogP contribution in [0.3, 0.4) is 0 Å². The highest BCUT2D eigenvalue weighted by atomic mass is 16.2. The minimum absolute atomic E-state index is 0.131. The van der Waals surface area contributed by atoms with Crippen molar-refractivity contribution in [2.45, 2.75) is 19.8 Å². The Bertz CT molecular complexity index is 648. The van der Waals surface area contributed by atoms with Crippen LogP contribution in [0.4, 0.5) is 5.69 Å². The van der Waals surface area contributed by atoms with Gasteiger partial charge in [-0.3, -0.25) is 9.59 Å². The van der Waals surface area contributed by atoms with Gasteiger partial charge in [0.2, 0.25) is 5.91 Å². The number of ketones is 1. The van der Waals surface area contributed by atoms with Gasteiger partial charge in [0.1, 0.15) is 0 Å². The Hall–Kier alpha value is -2.66. The molecule has 20 heavy (non-hydrogen) atoms. The number of rotatable bonds is 4. The van der Waals surface area contributed by atoms with Crippen molar-refractivity contribution >= 4 is 17.4 Å². The Kier molecular flexibility index (Phi) is 3.81. The molecular formula is C15H13N3O2. The van der Waals surface area contributed by atoms with Crippen molar-refractivity contribution in [3.05, 3.63) is 29.3 Å². The van der Waals surface area contributed by atoms with E-state index in [1.54, 1.807) is 31.2 Å². The monoisotopic (exact) mass is 267 g/mol. The normalized spacial score (nSPS) is 14.8. The van der Waals surface area contributed by atoms with E-state index < -0.39 is 11.8 Å². The van der Waals surface area contributed by atoms with E-state index in [1.165, 1.54) is 0 Å². The zero-order valence-electron chi connectivity index (χ0n) is 11.0. The minimum atomic E-state index is -1.25. The number of Topliss-reactive ketones (excluding diaryl/α,β-unsaturated/α-hetero) is 1. The van der Waals surface area contributed by atoms with Crippen molar-refractivity contribution < 1.29 is 9.59 Å². The Morgan fingerprint density at radius 1 is 1.35 bits per heavy atom. The molecule has 0 radical (unpaired) electrons. The van der Waals surface area contributed by atoms with Crippen LogP contribution < -0.4 is 5.32 Å². The fourth-order valence-corrected chi connectivity index (χ4v) is 1.94. The van der Waals surface area contributed by atoms with Crippen LogP contribution in [0, 0.1) is 41.4 Å². The number of carbonyl (C=O) groups excluding carboxylic acids is 2. The lowest BCUT2D eigenvalue weighted by Gasteiger charge is -2.10. The molecule has 0 aromatic heterocycles.